The Morgan fingerprint density at radius 2 is 1.74 bits per heavy atom. The Hall–Kier alpha value is -2.03. The molecule has 0 saturated carbocycles. The number of hydrogen-bond acceptors (Lipinski definition) is 2. The van der Waals surface area contributed by atoms with Gasteiger partial charge in [-0.2, -0.15) is 0 Å². The molecule has 0 aliphatic rings. The predicted molar refractivity (Wildman–Crippen MR) is 79.7 cm³/mol. The van der Waals surface area contributed by atoms with Gasteiger partial charge in [0.15, 0.2) is 0 Å². The third kappa shape index (κ3) is 3.05. The van der Waals surface area contributed by atoms with Gasteiger partial charge < -0.3 is 9.88 Å². The number of aromatic nitrogens is 1. The van der Waals surface area contributed by atoms with Crippen LogP contribution in [-0.2, 0) is 13.6 Å². The van der Waals surface area contributed by atoms with Gasteiger partial charge in [0.05, 0.1) is 5.69 Å². The molecule has 0 atom stereocenters. The third-order valence-corrected chi connectivity index (χ3v) is 3.40. The molecule has 1 aromatic heterocycles. The number of nitrogens with one attached hydrogen (secondary N) is 1. The molecule has 1 N–H and O–H groups in total. The summed E-state index contributed by atoms with van der Waals surface area (Å²) >= 11 is 0. The number of hydrogen-bond donors (Lipinski definition) is 1. The minimum Gasteiger partial charge on any atom is -0.380 e. The maximum absolute atomic E-state index is 11.3. The molecule has 3 nitrogen and oxygen atoms in total. The van der Waals surface area contributed by atoms with Gasteiger partial charge in [-0.05, 0) is 43.5 Å². The largest absolute Gasteiger partial charge is 0.380 e. The van der Waals surface area contributed by atoms with E-state index in [9.17, 15) is 4.79 Å². The lowest BCUT2D eigenvalue weighted by molar-refractivity contribution is 0.859. The molecule has 0 unspecified atom stereocenters. The predicted octanol–water partition coefficient (Wildman–Crippen LogP) is 2.92. The summed E-state index contributed by atoms with van der Waals surface area (Å²) in [6, 6.07) is 7.80. The summed E-state index contributed by atoms with van der Waals surface area (Å²) in [6.45, 7) is 7.16. The van der Waals surface area contributed by atoms with Crippen molar-refractivity contribution in [3.05, 3.63) is 63.1 Å². The van der Waals surface area contributed by atoms with E-state index in [4.69, 9.17) is 0 Å². The van der Waals surface area contributed by atoms with E-state index in [1.54, 1.807) is 17.7 Å². The second-order valence-corrected chi connectivity index (χ2v) is 5.10. The number of benzene rings is 1. The van der Waals surface area contributed by atoms with Gasteiger partial charge in [-0.3, -0.25) is 4.79 Å². The fourth-order valence-corrected chi connectivity index (χ4v) is 2.38. The highest BCUT2D eigenvalue weighted by atomic mass is 16.1. The highest BCUT2D eigenvalue weighted by Gasteiger charge is 2.04. The van der Waals surface area contributed by atoms with Crippen molar-refractivity contribution in [2.75, 3.05) is 5.32 Å². The summed E-state index contributed by atoms with van der Waals surface area (Å²) in [4.78, 5) is 11.3. The highest BCUT2D eigenvalue weighted by molar-refractivity contribution is 5.44. The summed E-state index contributed by atoms with van der Waals surface area (Å²) in [7, 11) is 1.76. The van der Waals surface area contributed by atoms with E-state index in [0.29, 0.717) is 0 Å². The average Bonchev–Trinajstić information content (AvgIpc) is 2.32. The van der Waals surface area contributed by atoms with E-state index in [1.165, 1.54) is 22.3 Å². The Bertz CT molecular complexity index is 633. The van der Waals surface area contributed by atoms with Gasteiger partial charge in [0.1, 0.15) is 0 Å². The first kappa shape index (κ1) is 13.4. The standard InChI is InChI=1S/C16H20N2O/c1-11-7-12(2)15(13(3)8-11)9-17-14-5-6-16(19)18(4)10-14/h5-8,10,17H,9H2,1-4H3. The van der Waals surface area contributed by atoms with Crippen LogP contribution in [0, 0.1) is 20.8 Å². The lowest BCUT2D eigenvalue weighted by Gasteiger charge is -2.13. The van der Waals surface area contributed by atoms with Gasteiger partial charge in [0, 0.05) is 25.9 Å². The van der Waals surface area contributed by atoms with E-state index < -0.39 is 0 Å². The number of rotatable bonds is 3. The zero-order chi connectivity index (χ0) is 14.0. The van der Waals surface area contributed by atoms with Crippen LogP contribution in [0.2, 0.25) is 0 Å². The molecular weight excluding hydrogens is 236 g/mol. The van der Waals surface area contributed by atoms with E-state index in [2.05, 4.69) is 38.2 Å². The molecule has 100 valence electrons. The smallest absolute Gasteiger partial charge is 0.250 e. The van der Waals surface area contributed by atoms with Crippen molar-refractivity contribution in [2.24, 2.45) is 7.05 Å². The van der Waals surface area contributed by atoms with E-state index in [0.717, 1.165) is 12.2 Å². The second-order valence-electron chi connectivity index (χ2n) is 5.10. The summed E-state index contributed by atoms with van der Waals surface area (Å²) in [5, 5.41) is 3.37. The van der Waals surface area contributed by atoms with Crippen molar-refractivity contribution in [2.45, 2.75) is 27.3 Å². The van der Waals surface area contributed by atoms with Crippen LogP contribution in [0.15, 0.2) is 35.3 Å². The highest BCUT2D eigenvalue weighted by Crippen LogP contribution is 2.17. The van der Waals surface area contributed by atoms with Gasteiger partial charge >= 0.3 is 0 Å². The normalized spacial score (nSPS) is 10.5. The zero-order valence-electron chi connectivity index (χ0n) is 11.9. The summed E-state index contributed by atoms with van der Waals surface area (Å²) in [5.41, 5.74) is 6.18. The first-order chi connectivity index (χ1) is 8.97. The first-order valence-corrected chi connectivity index (χ1v) is 6.44. The van der Waals surface area contributed by atoms with Crippen molar-refractivity contribution in [3.8, 4) is 0 Å². The topological polar surface area (TPSA) is 34.0 Å². The maximum atomic E-state index is 11.3. The summed E-state index contributed by atoms with van der Waals surface area (Å²) in [6.07, 6.45) is 1.82. The number of anilines is 1. The Morgan fingerprint density at radius 1 is 1.11 bits per heavy atom. The molecule has 2 aromatic rings. The molecule has 0 amide bonds. The average molecular weight is 256 g/mol. The zero-order valence-corrected chi connectivity index (χ0v) is 11.9. The van der Waals surface area contributed by atoms with Crippen molar-refractivity contribution in [3.63, 3.8) is 0 Å². The number of aryl methyl sites for hydroxylation is 4. The first-order valence-electron chi connectivity index (χ1n) is 6.44. The number of nitrogens with zero attached hydrogens (tertiary/aromatic N) is 1. The van der Waals surface area contributed by atoms with Crippen LogP contribution in [0.3, 0.4) is 0 Å². The molecule has 0 aliphatic heterocycles. The van der Waals surface area contributed by atoms with E-state index >= 15 is 0 Å². The van der Waals surface area contributed by atoms with Crippen LogP contribution in [-0.4, -0.2) is 4.57 Å². The molecule has 0 saturated heterocycles. The molecule has 1 aromatic carbocycles. The molecule has 1 heterocycles. The van der Waals surface area contributed by atoms with Crippen LogP contribution in [0.5, 0.6) is 0 Å². The Balaban J connectivity index is 2.19. The van der Waals surface area contributed by atoms with E-state index in [-0.39, 0.29) is 5.56 Å². The van der Waals surface area contributed by atoms with Crippen molar-refractivity contribution in [1.82, 2.24) is 4.57 Å². The van der Waals surface area contributed by atoms with Crippen LogP contribution in [0.25, 0.3) is 0 Å². The van der Waals surface area contributed by atoms with Crippen molar-refractivity contribution < 1.29 is 0 Å². The van der Waals surface area contributed by atoms with Crippen molar-refractivity contribution >= 4 is 5.69 Å². The molecule has 19 heavy (non-hydrogen) atoms. The van der Waals surface area contributed by atoms with Crippen LogP contribution in [0.4, 0.5) is 5.69 Å². The third-order valence-electron chi connectivity index (χ3n) is 3.40. The molecule has 0 spiro atoms. The molecule has 0 aliphatic carbocycles. The quantitative estimate of drug-likeness (QED) is 0.916. The lowest BCUT2D eigenvalue weighted by atomic mass is 10.00. The molecular formula is C16H20N2O. The monoisotopic (exact) mass is 256 g/mol. The molecule has 0 fully saturated rings. The van der Waals surface area contributed by atoms with Crippen LogP contribution in [0.1, 0.15) is 22.3 Å². The van der Waals surface area contributed by atoms with Crippen LogP contribution < -0.4 is 10.9 Å². The Morgan fingerprint density at radius 3 is 2.32 bits per heavy atom. The number of pyridine rings is 1. The molecule has 2 rings (SSSR count). The van der Waals surface area contributed by atoms with Gasteiger partial charge in [-0.1, -0.05) is 17.7 Å². The SMILES string of the molecule is Cc1cc(C)c(CNc2ccc(=O)n(C)c2)c(C)c1. The Kier molecular flexibility index (Phi) is 3.74. The van der Waals surface area contributed by atoms with Crippen molar-refractivity contribution in [1.29, 1.82) is 0 Å². The lowest BCUT2D eigenvalue weighted by Crippen LogP contribution is -2.15. The molecule has 3 heteroatoms. The fourth-order valence-electron chi connectivity index (χ4n) is 2.38. The van der Waals surface area contributed by atoms with Gasteiger partial charge in [-0.15, -0.1) is 0 Å². The second kappa shape index (κ2) is 5.31. The van der Waals surface area contributed by atoms with Gasteiger partial charge in [0.25, 0.3) is 0 Å². The van der Waals surface area contributed by atoms with Gasteiger partial charge in [-0.25, -0.2) is 0 Å². The summed E-state index contributed by atoms with van der Waals surface area (Å²) in [5.74, 6) is 0. The molecule has 0 bridgehead atoms. The minimum atomic E-state index is 0.00764. The van der Waals surface area contributed by atoms with Crippen LogP contribution >= 0.6 is 0 Å². The Labute approximate surface area is 113 Å². The van der Waals surface area contributed by atoms with E-state index in [1.807, 2.05) is 12.3 Å². The minimum absolute atomic E-state index is 0.00764. The summed E-state index contributed by atoms with van der Waals surface area (Å²) < 4.78 is 1.58. The van der Waals surface area contributed by atoms with Gasteiger partial charge in [0.2, 0.25) is 5.56 Å². The maximum Gasteiger partial charge on any atom is 0.250 e. The molecule has 0 radical (unpaired) electrons. The fraction of sp³-hybridized carbons (Fsp3) is 0.312.